The largest absolute Gasteiger partial charge is 0.465 e. The molecule has 296 valence electrons. The summed E-state index contributed by atoms with van der Waals surface area (Å²) in [6.45, 7) is 7.37. The maximum Gasteiger partial charge on any atom is 0.338 e. The molecular weight excluding hydrogens is 749 g/mol. The quantitative estimate of drug-likeness (QED) is 0.0672. The van der Waals surface area contributed by atoms with Crippen LogP contribution in [0.5, 0.6) is 0 Å². The summed E-state index contributed by atoms with van der Waals surface area (Å²) in [4.78, 5) is 43.3. The van der Waals surface area contributed by atoms with Crippen LogP contribution in [0.4, 0.5) is 0 Å². The molecule has 8 rings (SSSR count). The summed E-state index contributed by atoms with van der Waals surface area (Å²) in [6.07, 6.45) is 3.28. The molecule has 0 aliphatic heterocycles. The molecule has 0 fully saturated rings. The van der Waals surface area contributed by atoms with Crippen LogP contribution in [-0.2, 0) is 9.47 Å². The Bertz CT molecular complexity index is 2900. The number of methoxy groups -OCH3 is 2. The normalized spacial score (nSPS) is 11.9. The summed E-state index contributed by atoms with van der Waals surface area (Å²) in [5, 5.41) is 22.5. The lowest BCUT2D eigenvalue weighted by Crippen LogP contribution is -2.08. The zero-order valence-electron chi connectivity index (χ0n) is 33.2. The fourth-order valence-electron chi connectivity index (χ4n) is 6.48. The van der Waals surface area contributed by atoms with E-state index in [9.17, 15) is 9.59 Å². The van der Waals surface area contributed by atoms with Crippen LogP contribution in [-0.4, -0.2) is 76.6 Å². The van der Waals surface area contributed by atoms with Crippen molar-refractivity contribution in [1.82, 2.24) is 39.5 Å². The predicted octanol–water partition coefficient (Wildman–Crippen LogP) is 7.37. The van der Waals surface area contributed by atoms with Gasteiger partial charge in [0.15, 0.2) is 11.6 Å². The van der Waals surface area contributed by atoms with Gasteiger partial charge in [0.25, 0.3) is 0 Å². The molecule has 0 aliphatic rings. The average molecular weight is 789 g/mol. The molecule has 15 nitrogen and oxygen atoms in total. The molecule has 6 heterocycles. The third-order valence-corrected chi connectivity index (χ3v) is 9.47. The Morgan fingerprint density at radius 2 is 1.15 bits per heavy atom. The fourth-order valence-corrected chi connectivity index (χ4v) is 6.48. The van der Waals surface area contributed by atoms with E-state index in [2.05, 4.69) is 35.3 Å². The van der Waals surface area contributed by atoms with Gasteiger partial charge in [-0.25, -0.2) is 33.9 Å². The number of ether oxygens (including phenoxy) is 2. The second-order valence-corrected chi connectivity index (χ2v) is 13.6. The van der Waals surface area contributed by atoms with Gasteiger partial charge in [0, 0.05) is 39.3 Å². The van der Waals surface area contributed by atoms with E-state index in [1.54, 1.807) is 46.9 Å². The Morgan fingerprint density at radius 1 is 0.678 bits per heavy atom. The van der Waals surface area contributed by atoms with Crippen LogP contribution >= 0.6 is 0 Å². The van der Waals surface area contributed by atoms with Crippen molar-refractivity contribution in [2.75, 3.05) is 14.2 Å². The lowest BCUT2D eigenvalue weighted by molar-refractivity contribution is 0.0594. The standard InChI is InChI=1S/C22H19N5O3.C22H21N5O2/c1-13-6-4-9-21(24-13)27-20-11-15(10-16(22(28)30-3)17(20)12-23-27)19-8-5-7-18(25-19)14(2)26-29;1-13-6-4-9-21(25-13)27-20-11-15(19-8-5-7-18(26-19)14(2)23)10-16(22(28)29-3)17(20)12-24-27/h4-12,29H,1-3H3;4-12,14H,23H2,1-3H3/b26-14-;. The van der Waals surface area contributed by atoms with Crippen LogP contribution in [0.2, 0.25) is 0 Å². The number of aryl methyl sites for hydroxylation is 2. The first-order valence-corrected chi connectivity index (χ1v) is 18.5. The summed E-state index contributed by atoms with van der Waals surface area (Å²) < 4.78 is 13.4. The summed E-state index contributed by atoms with van der Waals surface area (Å²) in [5.74, 6) is 0.410. The zero-order valence-corrected chi connectivity index (χ0v) is 33.2. The maximum atomic E-state index is 12.5. The number of carbonyl (C=O) groups is 2. The van der Waals surface area contributed by atoms with Crippen molar-refractivity contribution in [3.05, 3.63) is 143 Å². The van der Waals surface area contributed by atoms with Gasteiger partial charge in [-0.1, -0.05) is 29.4 Å². The van der Waals surface area contributed by atoms with Crippen LogP contribution in [0.15, 0.2) is 115 Å². The lowest BCUT2D eigenvalue weighted by Gasteiger charge is -2.10. The first-order chi connectivity index (χ1) is 28.5. The number of aromatic nitrogens is 8. The second-order valence-electron chi connectivity index (χ2n) is 13.6. The second kappa shape index (κ2) is 16.8. The molecule has 6 aromatic heterocycles. The van der Waals surface area contributed by atoms with E-state index in [-0.39, 0.29) is 6.04 Å². The highest BCUT2D eigenvalue weighted by Crippen LogP contribution is 2.31. The van der Waals surface area contributed by atoms with Gasteiger partial charge in [-0.05, 0) is 100 Å². The number of nitrogens with two attached hydrogens (primary N) is 1. The van der Waals surface area contributed by atoms with E-state index in [0.29, 0.717) is 61.7 Å². The van der Waals surface area contributed by atoms with Gasteiger partial charge in [-0.15, -0.1) is 0 Å². The van der Waals surface area contributed by atoms with Crippen molar-refractivity contribution in [3.63, 3.8) is 0 Å². The number of carbonyl (C=O) groups excluding carboxylic acids is 2. The Morgan fingerprint density at radius 3 is 1.61 bits per heavy atom. The molecule has 0 spiro atoms. The molecule has 0 amide bonds. The van der Waals surface area contributed by atoms with E-state index in [1.807, 2.05) is 99.6 Å². The van der Waals surface area contributed by atoms with Crippen LogP contribution in [0.3, 0.4) is 0 Å². The van der Waals surface area contributed by atoms with Crippen molar-refractivity contribution >= 4 is 39.5 Å². The minimum Gasteiger partial charge on any atom is -0.465 e. The van der Waals surface area contributed by atoms with Crippen LogP contribution < -0.4 is 5.73 Å². The van der Waals surface area contributed by atoms with Crippen LogP contribution in [0.1, 0.15) is 63.4 Å². The van der Waals surface area contributed by atoms with Crippen LogP contribution in [0.25, 0.3) is 56.0 Å². The Hall–Kier alpha value is -7.65. The predicted molar refractivity (Wildman–Crippen MR) is 223 cm³/mol. The van der Waals surface area contributed by atoms with Crippen molar-refractivity contribution in [2.45, 2.75) is 33.7 Å². The number of hydrogen-bond acceptors (Lipinski definition) is 13. The molecule has 0 aliphatic carbocycles. The molecule has 15 heteroatoms. The van der Waals surface area contributed by atoms with E-state index in [0.717, 1.165) is 33.9 Å². The lowest BCUT2D eigenvalue weighted by atomic mass is 10.0. The van der Waals surface area contributed by atoms with Gasteiger partial charge in [-0.3, -0.25) is 4.98 Å². The number of nitrogens with zero attached hydrogens (tertiary/aromatic N) is 9. The van der Waals surface area contributed by atoms with Crippen molar-refractivity contribution in [2.24, 2.45) is 10.9 Å². The monoisotopic (exact) mass is 788 g/mol. The molecule has 8 aromatic rings. The maximum absolute atomic E-state index is 12.5. The third-order valence-electron chi connectivity index (χ3n) is 9.47. The van der Waals surface area contributed by atoms with E-state index < -0.39 is 11.9 Å². The van der Waals surface area contributed by atoms with E-state index >= 15 is 0 Å². The minimum atomic E-state index is -0.470. The fraction of sp³-hybridized carbons (Fsp3) is 0.159. The van der Waals surface area contributed by atoms with Gasteiger partial charge >= 0.3 is 11.9 Å². The molecule has 0 radical (unpaired) electrons. The zero-order chi connectivity index (χ0) is 41.8. The molecule has 1 unspecified atom stereocenters. The Balaban J connectivity index is 0.000000179. The highest BCUT2D eigenvalue weighted by molar-refractivity contribution is 6.06. The average Bonchev–Trinajstić information content (AvgIpc) is 3.90. The van der Waals surface area contributed by atoms with Crippen LogP contribution in [0, 0.1) is 13.8 Å². The number of rotatable bonds is 8. The smallest absolute Gasteiger partial charge is 0.338 e. The number of oxime groups is 1. The number of esters is 2. The topological polar surface area (TPSA) is 198 Å². The first-order valence-electron chi connectivity index (χ1n) is 18.5. The van der Waals surface area contributed by atoms with Crippen molar-refractivity contribution in [3.8, 4) is 34.2 Å². The highest BCUT2D eigenvalue weighted by Gasteiger charge is 2.20. The number of fused-ring (bicyclic) bond motifs is 2. The molecule has 0 bridgehead atoms. The third kappa shape index (κ3) is 8.13. The van der Waals surface area contributed by atoms with Gasteiger partial charge in [0.2, 0.25) is 0 Å². The highest BCUT2D eigenvalue weighted by atomic mass is 16.5. The van der Waals surface area contributed by atoms with Crippen molar-refractivity contribution in [1.29, 1.82) is 0 Å². The summed E-state index contributed by atoms with van der Waals surface area (Å²) in [5.41, 5.74) is 14.5. The Kier molecular flexibility index (Phi) is 11.3. The number of pyridine rings is 4. The summed E-state index contributed by atoms with van der Waals surface area (Å²) in [6, 6.07) is 29.6. The summed E-state index contributed by atoms with van der Waals surface area (Å²) >= 11 is 0. The molecular formula is C44H40N10O5. The van der Waals surface area contributed by atoms with Gasteiger partial charge < -0.3 is 20.4 Å². The SMILES string of the molecule is COC(=O)c1cc(-c2cccc(/C(C)=N\O)n2)cc2c1cnn2-c1cccc(C)n1.COC(=O)c1cc(-c2cccc(C(C)N)n2)cc2c1cnn2-c1cccc(C)n1. The Labute approximate surface area is 338 Å². The van der Waals surface area contributed by atoms with Gasteiger partial charge in [-0.2, -0.15) is 10.2 Å². The molecule has 1 atom stereocenters. The molecule has 59 heavy (non-hydrogen) atoms. The molecule has 3 N–H and O–H groups in total. The summed E-state index contributed by atoms with van der Waals surface area (Å²) in [7, 11) is 2.70. The first kappa shape index (κ1) is 39.6. The molecule has 0 saturated carbocycles. The molecule has 0 saturated heterocycles. The van der Waals surface area contributed by atoms with Gasteiger partial charge in [0.05, 0.1) is 71.5 Å². The molecule has 2 aromatic carbocycles. The van der Waals surface area contributed by atoms with Crippen molar-refractivity contribution < 1.29 is 24.3 Å². The van der Waals surface area contributed by atoms with Gasteiger partial charge in [0.1, 0.15) is 5.71 Å². The number of benzene rings is 2. The van der Waals surface area contributed by atoms with E-state index in [1.165, 1.54) is 14.2 Å². The van der Waals surface area contributed by atoms with E-state index in [4.69, 9.17) is 20.4 Å². The number of hydrogen-bond donors (Lipinski definition) is 2. The minimum absolute atomic E-state index is 0.194.